The summed E-state index contributed by atoms with van der Waals surface area (Å²) >= 11 is 1.59. The molecule has 25 heavy (non-hydrogen) atoms. The Hall–Kier alpha value is -2.47. The second kappa shape index (κ2) is 7.61. The van der Waals surface area contributed by atoms with Gasteiger partial charge in [-0.1, -0.05) is 24.3 Å². The molecule has 1 aliphatic heterocycles. The summed E-state index contributed by atoms with van der Waals surface area (Å²) in [6.45, 7) is 3.95. The van der Waals surface area contributed by atoms with Gasteiger partial charge in [-0.25, -0.2) is 0 Å². The largest absolute Gasteiger partial charge is 0.492 e. The topological polar surface area (TPSA) is 58.6 Å². The van der Waals surface area contributed by atoms with E-state index in [2.05, 4.69) is 5.32 Å². The Kier molecular flexibility index (Phi) is 5.28. The highest BCUT2D eigenvalue weighted by Crippen LogP contribution is 2.44. The van der Waals surface area contributed by atoms with Gasteiger partial charge in [0, 0.05) is 12.6 Å². The van der Waals surface area contributed by atoms with E-state index >= 15 is 0 Å². The van der Waals surface area contributed by atoms with Crippen molar-refractivity contribution in [3.8, 4) is 5.75 Å². The maximum atomic E-state index is 12.5. The zero-order valence-corrected chi connectivity index (χ0v) is 15.0. The Balaban J connectivity index is 1.91. The predicted molar refractivity (Wildman–Crippen MR) is 101 cm³/mol. The first-order valence-corrected chi connectivity index (χ1v) is 9.18. The summed E-state index contributed by atoms with van der Waals surface area (Å²) in [6, 6.07) is 15.2. The van der Waals surface area contributed by atoms with Gasteiger partial charge >= 0.3 is 0 Å². The summed E-state index contributed by atoms with van der Waals surface area (Å²) in [5.74, 6) is 1.10. The minimum atomic E-state index is -0.111. The first-order chi connectivity index (χ1) is 12.1. The number of carbonyl (C=O) groups excluding carboxylic acids is 2. The number of rotatable bonds is 5. The fraction of sp³-hybridized carbons (Fsp3) is 0.263. The third-order valence-corrected chi connectivity index (χ3v) is 5.02. The number of nitrogens with one attached hydrogen (secondary N) is 1. The van der Waals surface area contributed by atoms with Crippen molar-refractivity contribution in [1.82, 2.24) is 0 Å². The summed E-state index contributed by atoms with van der Waals surface area (Å²) in [5, 5.41) is 2.64. The number of thioether (sulfide) groups is 1. The predicted octanol–water partition coefficient (Wildman–Crippen LogP) is 3.82. The lowest BCUT2D eigenvalue weighted by Gasteiger charge is -2.26. The van der Waals surface area contributed by atoms with Crippen molar-refractivity contribution in [2.24, 2.45) is 0 Å². The van der Waals surface area contributed by atoms with E-state index in [0.717, 1.165) is 16.9 Å². The molecule has 3 rings (SSSR count). The molecule has 0 bridgehead atoms. The molecule has 1 unspecified atom stereocenters. The summed E-state index contributed by atoms with van der Waals surface area (Å²) < 4.78 is 5.69. The van der Waals surface area contributed by atoms with Crippen molar-refractivity contribution in [1.29, 1.82) is 0 Å². The van der Waals surface area contributed by atoms with Crippen LogP contribution in [0.2, 0.25) is 0 Å². The van der Waals surface area contributed by atoms with Crippen molar-refractivity contribution >= 4 is 35.0 Å². The molecule has 130 valence electrons. The molecular formula is C19H20N2O3S. The van der Waals surface area contributed by atoms with E-state index in [1.807, 2.05) is 55.5 Å². The Morgan fingerprint density at radius 3 is 2.64 bits per heavy atom. The van der Waals surface area contributed by atoms with Gasteiger partial charge in [-0.15, -0.1) is 11.8 Å². The Labute approximate surface area is 151 Å². The fourth-order valence-corrected chi connectivity index (χ4v) is 3.97. The lowest BCUT2D eigenvalue weighted by Crippen LogP contribution is -2.28. The van der Waals surface area contributed by atoms with Gasteiger partial charge in [0.2, 0.25) is 11.8 Å². The van der Waals surface area contributed by atoms with Gasteiger partial charge in [0.25, 0.3) is 0 Å². The number of amides is 2. The molecule has 5 nitrogen and oxygen atoms in total. The van der Waals surface area contributed by atoms with Crippen LogP contribution in [-0.4, -0.2) is 24.2 Å². The van der Waals surface area contributed by atoms with Crippen LogP contribution in [0.3, 0.4) is 0 Å². The molecule has 0 aromatic heterocycles. The van der Waals surface area contributed by atoms with Crippen LogP contribution in [0, 0.1) is 0 Å². The Morgan fingerprint density at radius 2 is 1.96 bits per heavy atom. The molecule has 0 spiro atoms. The Bertz CT molecular complexity index is 776. The summed E-state index contributed by atoms with van der Waals surface area (Å²) in [4.78, 5) is 25.5. The fourth-order valence-electron chi connectivity index (χ4n) is 2.80. The van der Waals surface area contributed by atoms with Crippen LogP contribution in [0.5, 0.6) is 5.75 Å². The first-order valence-electron chi connectivity index (χ1n) is 8.13. The van der Waals surface area contributed by atoms with Crippen molar-refractivity contribution < 1.29 is 14.3 Å². The average Bonchev–Trinajstić information content (AvgIpc) is 2.97. The third-order valence-electron chi connectivity index (χ3n) is 3.81. The molecule has 1 atom stereocenters. The SMILES string of the molecule is CCOc1ccccc1N1C(=O)CSC1c1ccc(NC(C)=O)cc1. The molecular weight excluding hydrogens is 336 g/mol. The van der Waals surface area contributed by atoms with E-state index in [1.54, 1.807) is 16.7 Å². The molecule has 0 aliphatic carbocycles. The molecule has 1 saturated heterocycles. The monoisotopic (exact) mass is 356 g/mol. The smallest absolute Gasteiger partial charge is 0.238 e. The number of ether oxygens (including phenoxy) is 1. The standard InChI is InChI=1S/C19H20N2O3S/c1-3-24-17-7-5-4-6-16(17)21-18(23)12-25-19(21)14-8-10-15(11-9-14)20-13(2)22/h4-11,19H,3,12H2,1-2H3,(H,20,22). The van der Waals surface area contributed by atoms with Crippen LogP contribution in [0.4, 0.5) is 11.4 Å². The van der Waals surface area contributed by atoms with Gasteiger partial charge in [0.1, 0.15) is 11.1 Å². The van der Waals surface area contributed by atoms with Gasteiger partial charge in [0.05, 0.1) is 18.0 Å². The number of benzene rings is 2. The summed E-state index contributed by atoms with van der Waals surface area (Å²) in [5.41, 5.74) is 2.54. The van der Waals surface area contributed by atoms with E-state index < -0.39 is 0 Å². The molecule has 2 amide bonds. The highest BCUT2D eigenvalue weighted by molar-refractivity contribution is 8.00. The highest BCUT2D eigenvalue weighted by Gasteiger charge is 2.35. The van der Waals surface area contributed by atoms with Crippen molar-refractivity contribution in [3.63, 3.8) is 0 Å². The normalized spacial score (nSPS) is 16.8. The number of para-hydroxylation sites is 2. The summed E-state index contributed by atoms with van der Waals surface area (Å²) in [6.07, 6.45) is 0. The molecule has 6 heteroatoms. The molecule has 2 aromatic rings. The number of anilines is 2. The van der Waals surface area contributed by atoms with Crippen LogP contribution >= 0.6 is 11.8 Å². The van der Waals surface area contributed by atoms with Gasteiger partial charge in [-0.3, -0.25) is 14.5 Å². The number of hydrogen-bond donors (Lipinski definition) is 1. The average molecular weight is 356 g/mol. The number of hydrogen-bond acceptors (Lipinski definition) is 4. The third kappa shape index (κ3) is 3.79. The van der Waals surface area contributed by atoms with Crippen LogP contribution in [0.25, 0.3) is 0 Å². The summed E-state index contributed by atoms with van der Waals surface area (Å²) in [7, 11) is 0. The molecule has 1 N–H and O–H groups in total. The molecule has 0 radical (unpaired) electrons. The van der Waals surface area contributed by atoms with Crippen molar-refractivity contribution in [3.05, 3.63) is 54.1 Å². The van der Waals surface area contributed by atoms with E-state index in [-0.39, 0.29) is 17.2 Å². The van der Waals surface area contributed by atoms with Gasteiger partial charge in [-0.05, 0) is 36.8 Å². The van der Waals surface area contributed by atoms with E-state index in [9.17, 15) is 9.59 Å². The second-order valence-corrected chi connectivity index (χ2v) is 6.70. The van der Waals surface area contributed by atoms with Crippen LogP contribution in [0.15, 0.2) is 48.5 Å². The first kappa shape index (κ1) is 17.4. The molecule has 1 heterocycles. The van der Waals surface area contributed by atoms with Crippen LogP contribution in [-0.2, 0) is 9.59 Å². The maximum absolute atomic E-state index is 12.5. The zero-order chi connectivity index (χ0) is 17.8. The molecule has 2 aromatic carbocycles. The minimum absolute atomic E-state index is 0.0630. The minimum Gasteiger partial charge on any atom is -0.492 e. The van der Waals surface area contributed by atoms with Crippen LogP contribution < -0.4 is 15.0 Å². The molecule has 0 saturated carbocycles. The molecule has 1 aliphatic rings. The quantitative estimate of drug-likeness (QED) is 0.885. The van der Waals surface area contributed by atoms with E-state index in [1.165, 1.54) is 6.92 Å². The van der Waals surface area contributed by atoms with Crippen molar-refractivity contribution in [2.75, 3.05) is 22.6 Å². The number of carbonyl (C=O) groups is 2. The lowest BCUT2D eigenvalue weighted by atomic mass is 10.1. The Morgan fingerprint density at radius 1 is 1.24 bits per heavy atom. The number of nitrogens with zero attached hydrogens (tertiary/aromatic N) is 1. The molecule has 1 fully saturated rings. The highest BCUT2D eigenvalue weighted by atomic mass is 32.2. The van der Waals surface area contributed by atoms with E-state index in [0.29, 0.717) is 18.1 Å². The lowest BCUT2D eigenvalue weighted by molar-refractivity contribution is -0.116. The van der Waals surface area contributed by atoms with Gasteiger partial charge < -0.3 is 10.1 Å². The van der Waals surface area contributed by atoms with E-state index in [4.69, 9.17) is 4.74 Å². The van der Waals surface area contributed by atoms with Gasteiger partial charge in [0.15, 0.2) is 0 Å². The second-order valence-electron chi connectivity index (χ2n) is 5.63. The van der Waals surface area contributed by atoms with Gasteiger partial charge in [-0.2, -0.15) is 0 Å². The van der Waals surface area contributed by atoms with Crippen molar-refractivity contribution in [2.45, 2.75) is 19.2 Å². The van der Waals surface area contributed by atoms with Crippen LogP contribution in [0.1, 0.15) is 24.8 Å². The zero-order valence-electron chi connectivity index (χ0n) is 14.2. The maximum Gasteiger partial charge on any atom is 0.238 e.